The molecule has 0 aliphatic heterocycles. The van der Waals surface area contributed by atoms with Crippen LogP contribution in [0, 0.1) is 6.92 Å². The summed E-state index contributed by atoms with van der Waals surface area (Å²) in [7, 11) is -8.91. The summed E-state index contributed by atoms with van der Waals surface area (Å²) in [4.78, 5) is 0.0428. The van der Waals surface area contributed by atoms with E-state index >= 15 is 0 Å². The normalized spacial score (nSPS) is 14.3. The van der Waals surface area contributed by atoms with E-state index < -0.39 is 31.4 Å². The zero-order valence-electron chi connectivity index (χ0n) is 21.3. The van der Waals surface area contributed by atoms with E-state index in [1.807, 2.05) is 6.92 Å². The number of hydrogen-bond donors (Lipinski definition) is 0. The van der Waals surface area contributed by atoms with E-state index in [2.05, 4.69) is 4.18 Å². The summed E-state index contributed by atoms with van der Waals surface area (Å²) in [5.41, 5.74) is -2.52. The lowest BCUT2D eigenvalue weighted by Gasteiger charge is -2.17. The quantitative estimate of drug-likeness (QED) is 0.202. The highest BCUT2D eigenvalue weighted by Crippen LogP contribution is 2.45. The Bertz CT molecular complexity index is 1630. The molecule has 38 heavy (non-hydrogen) atoms. The number of hydrogen-bond acceptors (Lipinski definition) is 6. The highest BCUT2D eigenvalue weighted by Gasteiger charge is 2.49. The van der Waals surface area contributed by atoms with Gasteiger partial charge in [-0.2, -0.15) is 21.6 Å². The number of rotatable bonds is 7. The third-order valence-corrected chi connectivity index (χ3v) is 9.21. The Hall–Kier alpha value is -2.99. The van der Waals surface area contributed by atoms with Crippen LogP contribution in [0.25, 0.3) is 10.9 Å². The average molecular weight is 572 g/mol. The predicted octanol–water partition coefficient (Wildman–Crippen LogP) is 5.81. The fraction of sp³-hybridized carbons (Fsp3) is 0.385. The van der Waals surface area contributed by atoms with Gasteiger partial charge in [0.1, 0.15) is 11.3 Å². The predicted molar refractivity (Wildman–Crippen MR) is 138 cm³/mol. The van der Waals surface area contributed by atoms with Crippen LogP contribution in [0.2, 0.25) is 0 Å². The van der Waals surface area contributed by atoms with Gasteiger partial charge < -0.3 is 8.92 Å². The van der Waals surface area contributed by atoms with Gasteiger partial charge in [-0.3, -0.25) is 0 Å². The van der Waals surface area contributed by atoms with Gasteiger partial charge in [0.05, 0.1) is 12.0 Å². The van der Waals surface area contributed by atoms with Crippen molar-refractivity contribution >= 4 is 31.0 Å². The number of nitrogens with zero attached hydrogens (tertiary/aromatic N) is 1. The maximum Gasteiger partial charge on any atom is 0.534 e. The van der Waals surface area contributed by atoms with Crippen LogP contribution in [0.15, 0.2) is 46.9 Å². The minimum atomic E-state index is -6.00. The van der Waals surface area contributed by atoms with Crippen LogP contribution in [-0.4, -0.2) is 33.4 Å². The summed E-state index contributed by atoms with van der Waals surface area (Å²) < 4.78 is 103. The lowest BCUT2D eigenvalue weighted by Crippen LogP contribution is -2.28. The molecule has 1 aliphatic rings. The van der Waals surface area contributed by atoms with E-state index in [-0.39, 0.29) is 28.1 Å². The molecule has 0 fully saturated rings. The summed E-state index contributed by atoms with van der Waals surface area (Å²) >= 11 is 0. The van der Waals surface area contributed by atoms with Crippen LogP contribution in [0.1, 0.15) is 49.1 Å². The standard InChI is InChI=1S/C26H28F3NO6S2/c1-16(2)9-14-20-22(36-38(33,34)26(27,28)29)15-23(35-4)25-24(20)19-7-5-6-8-21(19)30(25)37(31,32)18-12-10-17(3)11-13-18/h9-13,15H,5-8,14H2,1-4H3. The number of methoxy groups -OCH3 is 1. The number of aryl methyl sites for hydroxylation is 2. The summed E-state index contributed by atoms with van der Waals surface area (Å²) in [6.45, 7) is 5.41. The van der Waals surface area contributed by atoms with E-state index in [0.29, 0.717) is 35.9 Å². The van der Waals surface area contributed by atoms with Gasteiger partial charge in [0.15, 0.2) is 5.75 Å². The monoisotopic (exact) mass is 571 g/mol. The Balaban J connectivity index is 2.14. The summed E-state index contributed by atoms with van der Waals surface area (Å²) in [6, 6.07) is 7.37. The Kier molecular flexibility index (Phi) is 7.34. The van der Waals surface area contributed by atoms with E-state index in [1.54, 1.807) is 32.1 Å². The van der Waals surface area contributed by atoms with Crippen LogP contribution in [0.5, 0.6) is 11.5 Å². The number of aromatic nitrogens is 1. The molecular formula is C26H28F3NO6S2. The molecule has 0 saturated carbocycles. The molecule has 3 aromatic rings. The minimum absolute atomic E-state index is 0.0204. The molecule has 0 N–H and O–H groups in total. The van der Waals surface area contributed by atoms with Gasteiger partial charge in [-0.1, -0.05) is 29.3 Å². The van der Waals surface area contributed by atoms with E-state index in [4.69, 9.17) is 4.74 Å². The molecule has 12 heteroatoms. The molecule has 7 nitrogen and oxygen atoms in total. The van der Waals surface area contributed by atoms with Crippen molar-refractivity contribution < 1.29 is 38.9 Å². The van der Waals surface area contributed by atoms with Crippen molar-refractivity contribution in [3.63, 3.8) is 0 Å². The second-order valence-corrected chi connectivity index (χ2v) is 12.8. The van der Waals surface area contributed by atoms with Crippen LogP contribution in [-0.2, 0) is 39.4 Å². The van der Waals surface area contributed by atoms with Gasteiger partial charge in [-0.15, -0.1) is 0 Å². The molecule has 1 aromatic heterocycles. The van der Waals surface area contributed by atoms with Crippen LogP contribution < -0.4 is 8.92 Å². The topological polar surface area (TPSA) is 91.7 Å². The number of fused-ring (bicyclic) bond motifs is 3. The molecule has 0 atom stereocenters. The third-order valence-electron chi connectivity index (χ3n) is 6.50. The lowest BCUT2D eigenvalue weighted by molar-refractivity contribution is -0.0500. The molecule has 0 saturated heterocycles. The van der Waals surface area contributed by atoms with E-state index in [0.717, 1.165) is 23.6 Å². The molecule has 1 aliphatic carbocycles. The zero-order chi connectivity index (χ0) is 28.0. The molecule has 0 spiro atoms. The Morgan fingerprint density at radius 3 is 2.24 bits per heavy atom. The second kappa shape index (κ2) is 9.96. The zero-order valence-corrected chi connectivity index (χ0v) is 23.0. The Morgan fingerprint density at radius 1 is 1.03 bits per heavy atom. The first-order chi connectivity index (χ1) is 17.7. The van der Waals surface area contributed by atoms with Crippen molar-refractivity contribution in [1.29, 1.82) is 0 Å². The molecule has 2 aromatic carbocycles. The van der Waals surface area contributed by atoms with Crippen molar-refractivity contribution in [1.82, 2.24) is 3.97 Å². The SMILES string of the molecule is COc1cc(OS(=O)(=O)C(F)(F)F)c(CC=C(C)C)c2c3c(n(S(=O)(=O)c4ccc(C)cc4)c12)CCCC3. The molecular weight excluding hydrogens is 543 g/mol. The first-order valence-corrected chi connectivity index (χ1v) is 14.8. The highest BCUT2D eigenvalue weighted by molar-refractivity contribution is 7.90. The molecule has 0 bridgehead atoms. The fourth-order valence-electron chi connectivity index (χ4n) is 4.69. The van der Waals surface area contributed by atoms with Crippen molar-refractivity contribution in [2.75, 3.05) is 7.11 Å². The summed E-state index contributed by atoms with van der Waals surface area (Å²) in [5.74, 6) is -0.666. The van der Waals surface area contributed by atoms with Crippen molar-refractivity contribution in [3.8, 4) is 11.5 Å². The molecule has 0 amide bonds. The number of benzene rings is 2. The fourth-order valence-corrected chi connectivity index (χ4v) is 6.78. The van der Waals surface area contributed by atoms with Gasteiger partial charge >= 0.3 is 15.6 Å². The van der Waals surface area contributed by atoms with Crippen molar-refractivity contribution in [2.24, 2.45) is 0 Å². The highest BCUT2D eigenvalue weighted by atomic mass is 32.2. The number of halogens is 3. The van der Waals surface area contributed by atoms with Crippen molar-refractivity contribution in [2.45, 2.75) is 63.3 Å². The van der Waals surface area contributed by atoms with E-state index in [9.17, 15) is 30.0 Å². The Morgan fingerprint density at radius 2 is 1.66 bits per heavy atom. The minimum Gasteiger partial charge on any atom is -0.494 e. The maximum atomic E-state index is 14.0. The van der Waals surface area contributed by atoms with Crippen LogP contribution >= 0.6 is 0 Å². The Labute approximate surface area is 220 Å². The van der Waals surface area contributed by atoms with Gasteiger partial charge in [0, 0.05) is 22.7 Å². The number of alkyl halides is 3. The largest absolute Gasteiger partial charge is 0.534 e. The lowest BCUT2D eigenvalue weighted by atomic mass is 9.92. The summed E-state index contributed by atoms with van der Waals surface area (Å²) in [6.07, 6.45) is 4.05. The number of allylic oxidation sites excluding steroid dienone is 2. The number of ether oxygens (including phenoxy) is 1. The molecule has 0 unspecified atom stereocenters. The van der Waals surface area contributed by atoms with Gasteiger partial charge in [0.25, 0.3) is 10.0 Å². The average Bonchev–Trinajstić information content (AvgIpc) is 3.18. The van der Waals surface area contributed by atoms with Crippen LogP contribution in [0.4, 0.5) is 13.2 Å². The molecule has 4 rings (SSSR count). The van der Waals surface area contributed by atoms with Crippen molar-refractivity contribution in [3.05, 3.63) is 64.4 Å². The molecule has 206 valence electrons. The maximum absolute atomic E-state index is 14.0. The van der Waals surface area contributed by atoms with Crippen LogP contribution in [0.3, 0.4) is 0 Å². The van der Waals surface area contributed by atoms with Gasteiger partial charge in [0.2, 0.25) is 0 Å². The molecule has 1 heterocycles. The van der Waals surface area contributed by atoms with E-state index in [1.165, 1.54) is 23.2 Å². The smallest absolute Gasteiger partial charge is 0.494 e. The first kappa shape index (κ1) is 28.0. The third kappa shape index (κ3) is 4.91. The summed E-state index contributed by atoms with van der Waals surface area (Å²) in [5, 5.41) is 0.333. The first-order valence-electron chi connectivity index (χ1n) is 11.9. The molecule has 0 radical (unpaired) electrons. The van der Waals surface area contributed by atoms with Gasteiger partial charge in [-0.25, -0.2) is 12.4 Å². The van der Waals surface area contributed by atoms with Gasteiger partial charge in [-0.05, 0) is 70.6 Å². The second-order valence-electron chi connectivity index (χ2n) is 9.46.